The molecule has 1 aromatic carbocycles. The van der Waals surface area contributed by atoms with Crippen molar-refractivity contribution in [2.45, 2.75) is 70.4 Å². The topological polar surface area (TPSA) is 59.8 Å². The molecule has 1 saturated carbocycles. The second kappa shape index (κ2) is 10.1. The number of anilines is 1. The average molecular weight is 401 g/mol. The van der Waals surface area contributed by atoms with Crippen LogP contribution in [0.3, 0.4) is 0 Å². The van der Waals surface area contributed by atoms with Gasteiger partial charge in [0.15, 0.2) is 5.16 Å². The molecule has 0 aliphatic heterocycles. The molecule has 1 fully saturated rings. The van der Waals surface area contributed by atoms with E-state index in [0.29, 0.717) is 5.75 Å². The smallest absolute Gasteiger partial charge is 0.234 e. The van der Waals surface area contributed by atoms with Crippen molar-refractivity contribution < 1.29 is 4.79 Å². The van der Waals surface area contributed by atoms with Gasteiger partial charge in [-0.25, -0.2) is 0 Å². The Kier molecular flexibility index (Phi) is 7.54. The Labute approximate surface area is 172 Å². The maximum atomic E-state index is 12.6. The van der Waals surface area contributed by atoms with Gasteiger partial charge in [-0.1, -0.05) is 75.9 Å². The number of carbonyl (C=O) groups is 1. The van der Waals surface area contributed by atoms with E-state index in [1.165, 1.54) is 55.0 Å². The van der Waals surface area contributed by atoms with E-state index in [2.05, 4.69) is 52.1 Å². The van der Waals surface area contributed by atoms with Crippen molar-refractivity contribution >= 4 is 23.4 Å². The zero-order valence-electron chi connectivity index (χ0n) is 17.3. The molecule has 6 heteroatoms. The zero-order valence-corrected chi connectivity index (χ0v) is 18.1. The predicted octanol–water partition coefficient (Wildman–Crippen LogP) is 4.79. The summed E-state index contributed by atoms with van der Waals surface area (Å²) in [5.74, 6) is 2.13. The summed E-state index contributed by atoms with van der Waals surface area (Å²) in [6, 6.07) is 6.24. The van der Waals surface area contributed by atoms with Crippen molar-refractivity contribution in [3.63, 3.8) is 0 Å². The lowest BCUT2D eigenvalue weighted by molar-refractivity contribution is -0.113. The monoisotopic (exact) mass is 400 g/mol. The number of aryl methyl sites for hydroxylation is 2. The van der Waals surface area contributed by atoms with E-state index >= 15 is 0 Å². The van der Waals surface area contributed by atoms with Crippen molar-refractivity contribution in [2.24, 2.45) is 13.0 Å². The van der Waals surface area contributed by atoms with Crippen LogP contribution in [0.25, 0.3) is 0 Å². The number of carbonyl (C=O) groups excluding carboxylic acids is 1. The van der Waals surface area contributed by atoms with Crippen molar-refractivity contribution in [3.8, 4) is 0 Å². The van der Waals surface area contributed by atoms with E-state index in [1.807, 2.05) is 7.05 Å². The Hall–Kier alpha value is -1.82. The van der Waals surface area contributed by atoms with Crippen LogP contribution in [0, 0.1) is 5.92 Å². The molecule has 0 radical (unpaired) electrons. The van der Waals surface area contributed by atoms with E-state index in [9.17, 15) is 4.79 Å². The molecular formula is C22H32N4OS. The Morgan fingerprint density at radius 1 is 1.14 bits per heavy atom. The van der Waals surface area contributed by atoms with Crippen LogP contribution in [-0.4, -0.2) is 26.4 Å². The lowest BCUT2D eigenvalue weighted by Gasteiger charge is -2.20. The molecule has 28 heavy (non-hydrogen) atoms. The minimum atomic E-state index is 0.0115. The van der Waals surface area contributed by atoms with Gasteiger partial charge in [-0.05, 0) is 29.9 Å². The summed E-state index contributed by atoms with van der Waals surface area (Å²) in [5.41, 5.74) is 3.35. The van der Waals surface area contributed by atoms with Gasteiger partial charge >= 0.3 is 0 Å². The highest BCUT2D eigenvalue weighted by Crippen LogP contribution is 2.27. The number of para-hydroxylation sites is 1. The molecule has 0 unspecified atom stereocenters. The van der Waals surface area contributed by atoms with Gasteiger partial charge in [-0.3, -0.25) is 4.79 Å². The number of thioether (sulfide) groups is 1. The molecule has 0 bridgehead atoms. The van der Waals surface area contributed by atoms with E-state index in [1.54, 1.807) is 0 Å². The zero-order chi connectivity index (χ0) is 19.9. The van der Waals surface area contributed by atoms with Gasteiger partial charge in [0.1, 0.15) is 5.82 Å². The van der Waals surface area contributed by atoms with Gasteiger partial charge in [-0.2, -0.15) is 0 Å². The van der Waals surface area contributed by atoms with E-state index < -0.39 is 0 Å². The van der Waals surface area contributed by atoms with Gasteiger partial charge in [0.05, 0.1) is 5.75 Å². The van der Waals surface area contributed by atoms with Crippen LogP contribution in [0.15, 0.2) is 23.4 Å². The molecular weight excluding hydrogens is 368 g/mol. The second-order valence-corrected chi connectivity index (χ2v) is 8.60. The van der Waals surface area contributed by atoms with Crippen LogP contribution in [0.4, 0.5) is 5.69 Å². The molecule has 5 nitrogen and oxygen atoms in total. The average Bonchev–Trinajstić information content (AvgIpc) is 3.06. The fraction of sp³-hybridized carbons (Fsp3) is 0.591. The molecule has 1 aliphatic carbocycles. The van der Waals surface area contributed by atoms with Crippen LogP contribution in [0.5, 0.6) is 0 Å². The fourth-order valence-corrected chi connectivity index (χ4v) is 4.74. The first-order valence-electron chi connectivity index (χ1n) is 10.5. The summed E-state index contributed by atoms with van der Waals surface area (Å²) in [5, 5.41) is 12.7. The van der Waals surface area contributed by atoms with Gasteiger partial charge < -0.3 is 9.88 Å². The van der Waals surface area contributed by atoms with E-state index in [0.717, 1.165) is 41.8 Å². The fourth-order valence-electron chi connectivity index (χ4n) is 4.01. The predicted molar refractivity (Wildman–Crippen MR) is 116 cm³/mol. The first kappa shape index (κ1) is 20.9. The molecule has 1 N–H and O–H groups in total. The van der Waals surface area contributed by atoms with Gasteiger partial charge in [0.2, 0.25) is 5.91 Å². The highest BCUT2D eigenvalue weighted by atomic mass is 32.2. The molecule has 1 aromatic heterocycles. The van der Waals surface area contributed by atoms with Crippen LogP contribution < -0.4 is 5.32 Å². The third kappa shape index (κ3) is 5.16. The largest absolute Gasteiger partial charge is 0.325 e. The number of nitrogens with one attached hydrogen (secondary N) is 1. The number of rotatable bonds is 8. The van der Waals surface area contributed by atoms with Gasteiger partial charge in [0, 0.05) is 19.2 Å². The third-order valence-corrected chi connectivity index (χ3v) is 6.74. The molecule has 1 amide bonds. The molecule has 0 saturated heterocycles. The summed E-state index contributed by atoms with van der Waals surface area (Å²) in [6.07, 6.45) is 9.45. The number of hydrogen-bond donors (Lipinski definition) is 1. The van der Waals surface area contributed by atoms with Crippen LogP contribution in [0.1, 0.15) is 62.9 Å². The Morgan fingerprint density at radius 3 is 2.46 bits per heavy atom. The highest BCUT2D eigenvalue weighted by Gasteiger charge is 2.19. The second-order valence-electron chi connectivity index (χ2n) is 7.66. The summed E-state index contributed by atoms with van der Waals surface area (Å²) < 4.78 is 2.06. The van der Waals surface area contributed by atoms with E-state index in [-0.39, 0.29) is 5.91 Å². The van der Waals surface area contributed by atoms with Crippen molar-refractivity contribution in [1.29, 1.82) is 0 Å². The Morgan fingerprint density at radius 2 is 1.82 bits per heavy atom. The molecule has 1 aliphatic rings. The molecule has 0 spiro atoms. The molecule has 2 aromatic rings. The Balaban J connectivity index is 1.58. The maximum Gasteiger partial charge on any atom is 0.234 e. The van der Waals surface area contributed by atoms with Crippen molar-refractivity contribution in [3.05, 3.63) is 35.2 Å². The van der Waals surface area contributed by atoms with Crippen LogP contribution in [-0.2, 0) is 31.1 Å². The van der Waals surface area contributed by atoms with Crippen LogP contribution >= 0.6 is 11.8 Å². The van der Waals surface area contributed by atoms with Crippen molar-refractivity contribution in [2.75, 3.05) is 11.1 Å². The van der Waals surface area contributed by atoms with Crippen LogP contribution in [0.2, 0.25) is 0 Å². The van der Waals surface area contributed by atoms with Gasteiger partial charge in [0.25, 0.3) is 0 Å². The third-order valence-electron chi connectivity index (χ3n) is 5.72. The number of aromatic nitrogens is 3. The first-order valence-corrected chi connectivity index (χ1v) is 11.5. The summed E-state index contributed by atoms with van der Waals surface area (Å²) in [6.45, 7) is 4.24. The summed E-state index contributed by atoms with van der Waals surface area (Å²) >= 11 is 1.46. The van der Waals surface area contributed by atoms with Crippen molar-refractivity contribution in [1.82, 2.24) is 14.8 Å². The molecule has 1 heterocycles. The number of hydrogen-bond acceptors (Lipinski definition) is 4. The minimum absolute atomic E-state index is 0.0115. The Bertz CT molecular complexity index is 774. The first-order chi connectivity index (χ1) is 13.6. The maximum absolute atomic E-state index is 12.6. The minimum Gasteiger partial charge on any atom is -0.325 e. The molecule has 152 valence electrons. The normalized spacial score (nSPS) is 15.0. The number of nitrogens with zero attached hydrogens (tertiary/aromatic N) is 3. The number of amides is 1. The SMILES string of the molecule is CCc1cccc(CC)c1NC(=O)CSc1nnc(CC2CCCCC2)n1C. The lowest BCUT2D eigenvalue weighted by Crippen LogP contribution is -2.17. The van der Waals surface area contributed by atoms with Gasteiger partial charge in [-0.15, -0.1) is 10.2 Å². The summed E-state index contributed by atoms with van der Waals surface area (Å²) in [7, 11) is 2.01. The van der Waals surface area contributed by atoms with E-state index in [4.69, 9.17) is 0 Å². The molecule has 3 rings (SSSR count). The number of benzene rings is 1. The summed E-state index contributed by atoms with van der Waals surface area (Å²) in [4.78, 5) is 12.6. The quantitative estimate of drug-likeness (QED) is 0.647. The highest BCUT2D eigenvalue weighted by molar-refractivity contribution is 7.99. The lowest BCUT2D eigenvalue weighted by atomic mass is 9.87. The standard InChI is InChI=1S/C22H32N4OS/c1-4-17-12-9-13-18(5-2)21(17)23-20(27)15-28-22-25-24-19(26(22)3)14-16-10-7-6-8-11-16/h9,12-13,16H,4-8,10-11,14-15H2,1-3H3,(H,23,27). The molecule has 0 atom stereocenters.